The van der Waals surface area contributed by atoms with Gasteiger partial charge in [-0.15, -0.1) is 0 Å². The maximum absolute atomic E-state index is 6.79. The molecule has 0 radical (unpaired) electrons. The highest BCUT2D eigenvalue weighted by atomic mass is 28.4. The highest BCUT2D eigenvalue weighted by molar-refractivity contribution is 6.71. The molecule has 3 nitrogen and oxygen atoms in total. The van der Waals surface area contributed by atoms with Gasteiger partial charge in [0.1, 0.15) is 5.60 Å². The first kappa shape index (κ1) is 17.9. The van der Waals surface area contributed by atoms with Crippen LogP contribution in [0, 0.1) is 0 Å². The molecular formula is C15H34O3Si3. The molecule has 0 aromatic carbocycles. The van der Waals surface area contributed by atoms with E-state index < -0.39 is 22.4 Å². The number of ether oxygens (including phenoxy) is 1. The summed E-state index contributed by atoms with van der Waals surface area (Å²) in [6.45, 7) is 16.1. The summed E-state index contributed by atoms with van der Waals surface area (Å²) >= 11 is 0. The van der Waals surface area contributed by atoms with Crippen molar-refractivity contribution in [1.29, 1.82) is 0 Å². The van der Waals surface area contributed by atoms with Crippen LogP contribution in [0.2, 0.25) is 51.9 Å². The van der Waals surface area contributed by atoms with Gasteiger partial charge in [-0.3, -0.25) is 0 Å². The van der Waals surface area contributed by atoms with Crippen molar-refractivity contribution >= 4 is 26.2 Å². The van der Waals surface area contributed by atoms with Gasteiger partial charge in [0.25, 0.3) is 0 Å². The summed E-state index contributed by atoms with van der Waals surface area (Å²) in [4.78, 5) is 0. The van der Waals surface area contributed by atoms with Gasteiger partial charge in [0.15, 0.2) is 22.4 Å². The maximum atomic E-state index is 6.79. The van der Waals surface area contributed by atoms with Gasteiger partial charge >= 0.3 is 0 Å². The van der Waals surface area contributed by atoms with Crippen LogP contribution in [0.25, 0.3) is 0 Å². The SMILES string of the molecule is C[SiH2]CC(O[Si](C)(C)C)(O[Si](C)(C)C)C12CCCCC1O2. The summed E-state index contributed by atoms with van der Waals surface area (Å²) in [5.74, 6) is -0.437. The van der Waals surface area contributed by atoms with E-state index in [1.54, 1.807) is 0 Å². The molecule has 0 aromatic heterocycles. The zero-order valence-electron chi connectivity index (χ0n) is 15.0. The van der Waals surface area contributed by atoms with Crippen LogP contribution in [-0.4, -0.2) is 43.6 Å². The minimum Gasteiger partial charge on any atom is -0.389 e. The summed E-state index contributed by atoms with van der Waals surface area (Å²) in [6.07, 6.45) is 5.26. The maximum Gasteiger partial charge on any atom is 0.187 e. The molecular weight excluding hydrogens is 312 g/mol. The monoisotopic (exact) mass is 346 g/mol. The molecule has 2 fully saturated rings. The summed E-state index contributed by atoms with van der Waals surface area (Å²) < 4.78 is 19.9. The second-order valence-corrected chi connectivity index (χ2v) is 19.0. The Morgan fingerprint density at radius 3 is 2.10 bits per heavy atom. The molecule has 0 amide bonds. The van der Waals surface area contributed by atoms with Gasteiger partial charge in [-0.25, -0.2) is 0 Å². The van der Waals surface area contributed by atoms with E-state index in [0.29, 0.717) is 6.10 Å². The average Bonchev–Trinajstić information content (AvgIpc) is 3.00. The van der Waals surface area contributed by atoms with Crippen molar-refractivity contribution < 1.29 is 13.6 Å². The Bertz CT molecular complexity index is 359. The lowest BCUT2D eigenvalue weighted by Crippen LogP contribution is -2.60. The Kier molecular flexibility index (Phi) is 5.00. The number of rotatable bonds is 7. The molecule has 21 heavy (non-hydrogen) atoms. The lowest BCUT2D eigenvalue weighted by molar-refractivity contribution is -0.167. The number of fused-ring (bicyclic) bond motifs is 1. The summed E-state index contributed by atoms with van der Waals surface area (Å²) in [6, 6.07) is 1.10. The Morgan fingerprint density at radius 1 is 1.10 bits per heavy atom. The highest BCUT2D eigenvalue weighted by Gasteiger charge is 2.71. The Hall–Kier alpha value is 0.531. The molecule has 0 spiro atoms. The molecule has 1 heterocycles. The predicted molar refractivity (Wildman–Crippen MR) is 96.9 cm³/mol. The van der Waals surface area contributed by atoms with Gasteiger partial charge in [-0.2, -0.15) is 0 Å². The molecule has 6 heteroatoms. The van der Waals surface area contributed by atoms with E-state index in [9.17, 15) is 0 Å². The van der Waals surface area contributed by atoms with Crippen molar-refractivity contribution in [3.8, 4) is 0 Å². The molecule has 2 aliphatic rings. The van der Waals surface area contributed by atoms with Crippen LogP contribution in [0.3, 0.4) is 0 Å². The topological polar surface area (TPSA) is 31.0 Å². The second kappa shape index (κ2) is 5.87. The third-order valence-corrected chi connectivity index (χ3v) is 7.29. The second-order valence-electron chi connectivity index (χ2n) is 8.67. The van der Waals surface area contributed by atoms with Crippen LogP contribution in [0.1, 0.15) is 25.7 Å². The lowest BCUT2D eigenvalue weighted by Gasteiger charge is -2.47. The molecule has 124 valence electrons. The van der Waals surface area contributed by atoms with Crippen LogP contribution in [0.15, 0.2) is 0 Å². The fraction of sp³-hybridized carbons (Fsp3) is 1.00. The fourth-order valence-electron chi connectivity index (χ4n) is 3.80. The first-order chi connectivity index (χ1) is 9.54. The highest BCUT2D eigenvalue weighted by Crippen LogP contribution is 2.58. The van der Waals surface area contributed by atoms with Crippen LogP contribution in [0.5, 0.6) is 0 Å². The third-order valence-electron chi connectivity index (χ3n) is 4.25. The van der Waals surface area contributed by atoms with Crippen LogP contribution >= 0.6 is 0 Å². The quantitative estimate of drug-likeness (QED) is 0.400. The normalized spacial score (nSPS) is 30.7. The van der Waals surface area contributed by atoms with E-state index in [-0.39, 0.29) is 15.1 Å². The first-order valence-corrected chi connectivity index (χ1v) is 17.8. The van der Waals surface area contributed by atoms with Gasteiger partial charge in [0.05, 0.1) is 6.10 Å². The van der Waals surface area contributed by atoms with Crippen LogP contribution in [-0.2, 0) is 13.6 Å². The molecule has 1 saturated heterocycles. The molecule has 0 N–H and O–H groups in total. The minimum absolute atomic E-state index is 0.116. The smallest absolute Gasteiger partial charge is 0.187 e. The van der Waals surface area contributed by atoms with E-state index in [2.05, 4.69) is 45.8 Å². The van der Waals surface area contributed by atoms with Gasteiger partial charge in [0.2, 0.25) is 0 Å². The van der Waals surface area contributed by atoms with Crippen molar-refractivity contribution in [1.82, 2.24) is 0 Å². The van der Waals surface area contributed by atoms with Crippen LogP contribution < -0.4 is 0 Å². The zero-order valence-corrected chi connectivity index (χ0v) is 18.5. The lowest BCUT2D eigenvalue weighted by atomic mass is 9.83. The van der Waals surface area contributed by atoms with E-state index in [0.717, 1.165) is 12.5 Å². The van der Waals surface area contributed by atoms with E-state index in [1.807, 2.05) is 0 Å². The Labute approximate surface area is 135 Å². The van der Waals surface area contributed by atoms with E-state index in [1.165, 1.54) is 19.3 Å². The van der Waals surface area contributed by atoms with Gasteiger partial charge in [-0.05, 0) is 58.2 Å². The van der Waals surface area contributed by atoms with E-state index in [4.69, 9.17) is 13.6 Å². The first-order valence-electron chi connectivity index (χ1n) is 8.62. The Balaban J connectivity index is 2.35. The van der Waals surface area contributed by atoms with E-state index >= 15 is 0 Å². The van der Waals surface area contributed by atoms with Gasteiger partial charge in [-0.1, -0.05) is 19.4 Å². The standard InChI is InChI=1S/C15H34O3Si3/c1-19-12-15(17-20(2,3)4,18-21(5,6)7)14-11-9-8-10-13(14)16-14/h13H,8-12,19H2,1-7H3. The van der Waals surface area contributed by atoms with Gasteiger partial charge < -0.3 is 13.6 Å². The molecule has 2 rings (SSSR count). The number of epoxide rings is 1. The zero-order chi connectivity index (χ0) is 15.9. The fourth-order valence-corrected chi connectivity index (χ4v) is 8.19. The molecule has 0 aromatic rings. The van der Waals surface area contributed by atoms with Crippen molar-refractivity contribution in [2.24, 2.45) is 0 Å². The average molecular weight is 347 g/mol. The third kappa shape index (κ3) is 3.90. The number of hydrogen-bond donors (Lipinski definition) is 0. The van der Waals surface area contributed by atoms with Crippen LogP contribution in [0.4, 0.5) is 0 Å². The molecule has 1 saturated carbocycles. The molecule has 1 aliphatic heterocycles. The molecule has 2 unspecified atom stereocenters. The molecule has 2 atom stereocenters. The van der Waals surface area contributed by atoms with Crippen molar-refractivity contribution in [2.45, 2.75) is 95.0 Å². The van der Waals surface area contributed by atoms with Crippen molar-refractivity contribution in [2.75, 3.05) is 0 Å². The molecule has 0 bridgehead atoms. The largest absolute Gasteiger partial charge is 0.389 e. The Morgan fingerprint density at radius 2 is 1.67 bits per heavy atom. The van der Waals surface area contributed by atoms with Crippen molar-refractivity contribution in [3.63, 3.8) is 0 Å². The summed E-state index contributed by atoms with van der Waals surface area (Å²) in [5.41, 5.74) is -0.116. The summed E-state index contributed by atoms with van der Waals surface area (Å²) in [7, 11) is -3.56. The minimum atomic E-state index is -1.69. The van der Waals surface area contributed by atoms with Gasteiger partial charge in [0, 0.05) is 9.52 Å². The summed E-state index contributed by atoms with van der Waals surface area (Å²) in [5, 5.41) is 0. The molecule has 1 aliphatic carbocycles. The van der Waals surface area contributed by atoms with Crippen molar-refractivity contribution in [3.05, 3.63) is 0 Å². The predicted octanol–water partition coefficient (Wildman–Crippen LogP) is 3.73. The number of hydrogen-bond acceptors (Lipinski definition) is 3.